The molecule has 16 heteroatoms. The SMILES string of the molecule is C#C/C=C/c1cn([C@H]2C[C@@H](C)[C@@H](CO)O2)c(=O)[nH]c1=O.[C-]#[N+]c1ccc(-n2cc(/C=C/c3cn([C@H]4C[C@@H](C)[C@@H](CO)O4)c(=O)[nH]c3=O)nn2)cc1. The minimum absolute atomic E-state index is 0.0895. The van der Waals surface area contributed by atoms with Crippen LogP contribution in [-0.4, -0.2) is 69.7 Å². The molecule has 51 heavy (non-hydrogen) atoms. The van der Waals surface area contributed by atoms with Gasteiger partial charge in [0, 0.05) is 12.4 Å². The van der Waals surface area contributed by atoms with Gasteiger partial charge in [0.15, 0.2) is 5.69 Å². The Labute approximate surface area is 290 Å². The van der Waals surface area contributed by atoms with Crippen LogP contribution < -0.4 is 22.5 Å². The molecule has 6 rings (SSSR count). The molecule has 3 aromatic heterocycles. The Kier molecular flexibility index (Phi) is 11.6. The number of benzene rings is 1. The standard InChI is InChI=1S/C21H20N6O4.C14H16N2O4/c1-13-9-19(31-18(13)12-28)26-10-14(20(29)23-21(26)30)3-4-16-11-27(25-24-16)17-7-5-15(22-2)6-8-17;1-3-4-5-10-7-16(14(19)15-13(10)18)12-6-9(2)11(8-17)20-12/h3-8,10-11,13,18-19,28H,9,12H2,1H3,(H,23,29,30);1,4-5,7,9,11-12,17H,6,8H2,2H3,(H,15,18,19)/b4-3+;5-4+/t13-,18-,19-;9-,11-,12-/m11/s1. The highest BCUT2D eigenvalue weighted by molar-refractivity contribution is 5.66. The van der Waals surface area contributed by atoms with Crippen LogP contribution >= 0.6 is 0 Å². The lowest BCUT2D eigenvalue weighted by molar-refractivity contribution is -0.0313. The molecule has 0 amide bonds. The normalized spacial score (nSPS) is 22.9. The minimum atomic E-state index is -0.563. The van der Waals surface area contributed by atoms with E-state index in [1.54, 1.807) is 47.3 Å². The number of ether oxygens (including phenoxy) is 2. The predicted octanol–water partition coefficient (Wildman–Crippen LogP) is 1.85. The van der Waals surface area contributed by atoms with Crippen molar-refractivity contribution in [2.75, 3.05) is 13.2 Å². The zero-order chi connectivity index (χ0) is 36.7. The summed E-state index contributed by atoms with van der Waals surface area (Å²) in [5.41, 5.74) is 0.214. The number of rotatable bonds is 8. The maximum Gasteiger partial charge on any atom is 0.330 e. The molecule has 0 saturated carbocycles. The van der Waals surface area contributed by atoms with E-state index in [0.717, 1.165) is 5.69 Å². The van der Waals surface area contributed by atoms with Crippen LogP contribution in [-0.2, 0) is 9.47 Å². The molecular formula is C35H36N8O8. The Morgan fingerprint density at radius 1 is 0.882 bits per heavy atom. The second kappa shape index (κ2) is 16.2. The van der Waals surface area contributed by atoms with Crippen molar-refractivity contribution in [1.82, 2.24) is 34.1 Å². The summed E-state index contributed by atoms with van der Waals surface area (Å²) in [6, 6.07) is 6.90. The van der Waals surface area contributed by atoms with Crippen LogP contribution in [0.15, 0.2) is 68.1 Å². The van der Waals surface area contributed by atoms with Crippen LogP contribution in [0.2, 0.25) is 0 Å². The first-order valence-electron chi connectivity index (χ1n) is 16.0. The van der Waals surface area contributed by atoms with Gasteiger partial charge >= 0.3 is 11.4 Å². The Morgan fingerprint density at radius 2 is 1.41 bits per heavy atom. The molecule has 5 heterocycles. The van der Waals surface area contributed by atoms with Crippen molar-refractivity contribution in [2.45, 2.75) is 51.4 Å². The van der Waals surface area contributed by atoms with E-state index in [4.69, 9.17) is 22.5 Å². The fourth-order valence-corrected chi connectivity index (χ4v) is 5.67. The maximum absolute atomic E-state index is 12.3. The number of aliphatic hydroxyl groups excluding tert-OH is 2. The molecule has 1 aromatic carbocycles. The fraction of sp³-hybridized carbons (Fsp3) is 0.343. The lowest BCUT2D eigenvalue weighted by atomic mass is 10.0. The van der Waals surface area contributed by atoms with E-state index in [2.05, 4.69) is 31.0 Å². The van der Waals surface area contributed by atoms with Gasteiger partial charge in [-0.05, 0) is 61.1 Å². The molecule has 6 atom stereocenters. The molecule has 4 aromatic rings. The molecule has 4 N–H and O–H groups in total. The van der Waals surface area contributed by atoms with Gasteiger partial charge in [-0.3, -0.25) is 28.7 Å². The van der Waals surface area contributed by atoms with E-state index in [-0.39, 0.29) is 48.4 Å². The summed E-state index contributed by atoms with van der Waals surface area (Å²) in [5, 5.41) is 26.7. The van der Waals surface area contributed by atoms with Crippen molar-refractivity contribution < 1.29 is 19.7 Å². The molecule has 264 valence electrons. The molecular weight excluding hydrogens is 660 g/mol. The first-order chi connectivity index (χ1) is 24.5. The number of H-pyrrole nitrogens is 2. The highest BCUT2D eigenvalue weighted by Crippen LogP contribution is 2.33. The van der Waals surface area contributed by atoms with Gasteiger partial charge in [-0.2, -0.15) is 0 Å². The number of aliphatic hydroxyl groups is 2. The molecule has 0 unspecified atom stereocenters. The number of nitrogens with zero attached hydrogens (tertiary/aromatic N) is 6. The first kappa shape index (κ1) is 36.4. The Hall–Kier alpha value is -5.91. The largest absolute Gasteiger partial charge is 0.394 e. The van der Waals surface area contributed by atoms with E-state index >= 15 is 0 Å². The van der Waals surface area contributed by atoms with E-state index in [1.807, 2.05) is 13.8 Å². The van der Waals surface area contributed by atoms with Gasteiger partial charge < -0.3 is 19.7 Å². The van der Waals surface area contributed by atoms with Gasteiger partial charge in [0.2, 0.25) is 0 Å². The van der Waals surface area contributed by atoms with Gasteiger partial charge in [0.05, 0.1) is 55.0 Å². The summed E-state index contributed by atoms with van der Waals surface area (Å²) in [6.07, 6.45) is 15.1. The number of nitrogens with one attached hydrogen (secondary N) is 2. The minimum Gasteiger partial charge on any atom is -0.394 e. The second-order valence-electron chi connectivity index (χ2n) is 12.1. The number of hydrogen-bond acceptors (Lipinski definition) is 10. The molecule has 2 fully saturated rings. The first-order valence-corrected chi connectivity index (χ1v) is 16.0. The third kappa shape index (κ3) is 8.46. The average molecular weight is 697 g/mol. The van der Waals surface area contributed by atoms with Crippen LogP contribution in [0.5, 0.6) is 0 Å². The second-order valence-corrected chi connectivity index (χ2v) is 12.1. The van der Waals surface area contributed by atoms with E-state index in [0.29, 0.717) is 24.2 Å². The highest BCUT2D eigenvalue weighted by atomic mass is 16.5. The van der Waals surface area contributed by atoms with Crippen molar-refractivity contribution in [3.8, 4) is 18.0 Å². The van der Waals surface area contributed by atoms with Gasteiger partial charge in [-0.25, -0.2) is 19.1 Å². The summed E-state index contributed by atoms with van der Waals surface area (Å²) in [6.45, 7) is 10.7. The van der Waals surface area contributed by atoms with Gasteiger partial charge in [0.1, 0.15) is 18.1 Å². The zero-order valence-electron chi connectivity index (χ0n) is 27.7. The van der Waals surface area contributed by atoms with Crippen molar-refractivity contribution >= 4 is 23.9 Å². The van der Waals surface area contributed by atoms with E-state index in [9.17, 15) is 29.4 Å². The number of allylic oxidation sites excluding steroid dienone is 1. The van der Waals surface area contributed by atoms with Crippen LogP contribution in [0.3, 0.4) is 0 Å². The molecule has 0 bridgehead atoms. The van der Waals surface area contributed by atoms with Crippen molar-refractivity contribution in [1.29, 1.82) is 0 Å². The summed E-state index contributed by atoms with van der Waals surface area (Å²) in [7, 11) is 0. The van der Waals surface area contributed by atoms with Crippen molar-refractivity contribution in [3.63, 3.8) is 0 Å². The number of aromatic nitrogens is 7. The smallest absolute Gasteiger partial charge is 0.330 e. The topological polar surface area (TPSA) is 204 Å². The number of hydrogen-bond donors (Lipinski definition) is 4. The lowest BCUT2D eigenvalue weighted by Gasteiger charge is -2.15. The Bertz CT molecular complexity index is 2230. The van der Waals surface area contributed by atoms with E-state index in [1.165, 1.54) is 33.7 Å². The van der Waals surface area contributed by atoms with Gasteiger partial charge in [-0.1, -0.05) is 37.1 Å². The number of terminal acetylenes is 1. The summed E-state index contributed by atoms with van der Waals surface area (Å²) in [4.78, 5) is 55.9. The van der Waals surface area contributed by atoms with Gasteiger partial charge in [0.25, 0.3) is 11.1 Å². The van der Waals surface area contributed by atoms with Crippen LogP contribution in [0, 0.1) is 30.8 Å². The van der Waals surface area contributed by atoms with Crippen molar-refractivity contribution in [2.24, 2.45) is 11.8 Å². The molecule has 16 nitrogen and oxygen atoms in total. The molecule has 2 aliphatic heterocycles. The molecule has 2 saturated heterocycles. The maximum atomic E-state index is 12.3. The predicted molar refractivity (Wildman–Crippen MR) is 187 cm³/mol. The molecule has 2 aliphatic rings. The van der Waals surface area contributed by atoms with Crippen LogP contribution in [0.1, 0.15) is 56.0 Å². The molecule has 0 radical (unpaired) electrons. The van der Waals surface area contributed by atoms with Crippen molar-refractivity contribution in [3.05, 3.63) is 119 Å². The summed E-state index contributed by atoms with van der Waals surface area (Å²) in [5.74, 6) is 2.51. The number of aromatic amines is 2. The van der Waals surface area contributed by atoms with Gasteiger partial charge in [-0.15, -0.1) is 11.5 Å². The third-order valence-electron chi connectivity index (χ3n) is 8.60. The summed E-state index contributed by atoms with van der Waals surface area (Å²) < 4.78 is 15.6. The monoisotopic (exact) mass is 696 g/mol. The third-order valence-corrected chi connectivity index (χ3v) is 8.60. The average Bonchev–Trinajstić information content (AvgIpc) is 3.86. The highest BCUT2D eigenvalue weighted by Gasteiger charge is 2.34. The molecule has 0 spiro atoms. The van der Waals surface area contributed by atoms with Crippen LogP contribution in [0.25, 0.3) is 28.8 Å². The zero-order valence-corrected chi connectivity index (χ0v) is 27.7. The van der Waals surface area contributed by atoms with Crippen LogP contribution in [0.4, 0.5) is 5.69 Å². The lowest BCUT2D eigenvalue weighted by Crippen LogP contribution is -2.33. The Morgan fingerprint density at radius 3 is 1.88 bits per heavy atom. The Balaban J connectivity index is 0.000000218. The quantitative estimate of drug-likeness (QED) is 0.156. The van der Waals surface area contributed by atoms with E-state index < -0.39 is 35.0 Å². The summed E-state index contributed by atoms with van der Waals surface area (Å²) >= 11 is 0. The molecule has 0 aliphatic carbocycles. The fourth-order valence-electron chi connectivity index (χ4n) is 5.67.